The van der Waals surface area contributed by atoms with E-state index in [1.54, 1.807) is 36.4 Å². The Balaban J connectivity index is 1.75. The number of hydrogen-bond donors (Lipinski definition) is 3. The molecular weight excluding hydrogens is 402 g/mol. The molecule has 0 fully saturated rings. The maximum atomic E-state index is 12.4. The zero-order valence-corrected chi connectivity index (χ0v) is 18.4. The van der Waals surface area contributed by atoms with Crippen LogP contribution in [0.4, 0.5) is 0 Å². The van der Waals surface area contributed by atoms with Crippen LogP contribution in [0.3, 0.4) is 0 Å². The van der Waals surface area contributed by atoms with Crippen LogP contribution in [0.5, 0.6) is 23.0 Å². The molecule has 0 spiro atoms. The molecule has 0 aliphatic carbocycles. The first-order chi connectivity index (χ1) is 14.9. The Morgan fingerprint density at radius 3 is 2.16 bits per heavy atom. The molecule has 31 heavy (non-hydrogen) atoms. The molecule has 0 amide bonds. The number of aliphatic hydroxyl groups excluding tert-OH is 1. The number of unbranched alkanes of at least 4 members (excludes halogenated alkanes) is 1. The molecule has 2 unspecified atom stereocenters. The number of nitrogens with one attached hydrogen (secondary N) is 1. The van der Waals surface area contributed by atoms with Gasteiger partial charge in [0.1, 0.15) is 5.75 Å². The second-order valence-corrected chi connectivity index (χ2v) is 7.04. The number of aliphatic hydroxyl groups is 1. The maximum absolute atomic E-state index is 12.4. The summed E-state index contributed by atoms with van der Waals surface area (Å²) in [5, 5.41) is 23.0. The van der Waals surface area contributed by atoms with Crippen molar-refractivity contribution in [2.45, 2.75) is 31.9 Å². The van der Waals surface area contributed by atoms with Crippen LogP contribution in [0.1, 0.15) is 41.8 Å². The van der Waals surface area contributed by atoms with E-state index in [-0.39, 0.29) is 18.4 Å². The Kier molecular flexibility index (Phi) is 9.42. The van der Waals surface area contributed by atoms with E-state index in [4.69, 9.17) is 18.9 Å². The number of methoxy groups -OCH3 is 3. The summed E-state index contributed by atoms with van der Waals surface area (Å²) in [6, 6.07) is 9.43. The van der Waals surface area contributed by atoms with Crippen molar-refractivity contribution in [2.75, 3.05) is 34.5 Å². The van der Waals surface area contributed by atoms with Gasteiger partial charge >= 0.3 is 5.97 Å². The predicted octanol–water partition coefficient (Wildman–Crippen LogP) is 3.07. The molecule has 0 saturated carbocycles. The third-order valence-electron chi connectivity index (χ3n) is 4.88. The minimum Gasteiger partial charge on any atom is -0.508 e. The molecule has 170 valence electrons. The van der Waals surface area contributed by atoms with Crippen molar-refractivity contribution in [2.24, 2.45) is 0 Å². The van der Waals surface area contributed by atoms with Crippen molar-refractivity contribution in [1.82, 2.24) is 5.32 Å². The zero-order valence-electron chi connectivity index (χ0n) is 18.4. The molecule has 0 radical (unpaired) electrons. The van der Waals surface area contributed by atoms with Crippen LogP contribution < -0.4 is 19.5 Å². The van der Waals surface area contributed by atoms with Gasteiger partial charge in [-0.25, -0.2) is 4.79 Å². The third kappa shape index (κ3) is 6.77. The van der Waals surface area contributed by atoms with Gasteiger partial charge in [-0.2, -0.15) is 0 Å². The van der Waals surface area contributed by atoms with Gasteiger partial charge in [0.05, 0.1) is 39.6 Å². The lowest BCUT2D eigenvalue weighted by molar-refractivity contribution is 0.0496. The van der Waals surface area contributed by atoms with Crippen LogP contribution in [0.15, 0.2) is 36.4 Å². The first-order valence-electron chi connectivity index (χ1n) is 10.1. The standard InChI is InChI=1S/C23H31NO7/c1-15(21(26)16-7-9-18(25)10-8-16)24-11-5-6-12-31-23(27)17-13-19(28-2)22(30-4)20(14-17)29-3/h7-10,13-15,21,24-26H,5-6,11-12H2,1-4H3. The van der Waals surface area contributed by atoms with Crippen LogP contribution in [0.25, 0.3) is 0 Å². The summed E-state index contributed by atoms with van der Waals surface area (Å²) in [5.41, 5.74) is 1.05. The third-order valence-corrected chi connectivity index (χ3v) is 4.88. The molecule has 2 aromatic carbocycles. The number of ether oxygens (including phenoxy) is 4. The smallest absolute Gasteiger partial charge is 0.338 e. The lowest BCUT2D eigenvalue weighted by atomic mass is 10.0. The minimum atomic E-state index is -0.682. The highest BCUT2D eigenvalue weighted by Gasteiger charge is 2.18. The number of aromatic hydroxyl groups is 1. The first-order valence-corrected chi connectivity index (χ1v) is 10.1. The van der Waals surface area contributed by atoms with Gasteiger partial charge in [0.15, 0.2) is 11.5 Å². The number of phenols is 1. The van der Waals surface area contributed by atoms with E-state index in [9.17, 15) is 15.0 Å². The fourth-order valence-electron chi connectivity index (χ4n) is 3.08. The van der Waals surface area contributed by atoms with Crippen molar-refractivity contribution >= 4 is 5.97 Å². The van der Waals surface area contributed by atoms with Crippen molar-refractivity contribution in [1.29, 1.82) is 0 Å². The topological polar surface area (TPSA) is 106 Å². The average Bonchev–Trinajstić information content (AvgIpc) is 2.79. The van der Waals surface area contributed by atoms with Gasteiger partial charge in [-0.15, -0.1) is 0 Å². The number of carbonyl (C=O) groups is 1. The number of rotatable bonds is 12. The Morgan fingerprint density at radius 2 is 1.61 bits per heavy atom. The normalized spacial score (nSPS) is 12.7. The molecule has 8 nitrogen and oxygen atoms in total. The monoisotopic (exact) mass is 433 g/mol. The fraction of sp³-hybridized carbons (Fsp3) is 0.435. The summed E-state index contributed by atoms with van der Waals surface area (Å²) in [4.78, 5) is 12.4. The number of esters is 1. The zero-order chi connectivity index (χ0) is 22.8. The molecule has 0 bridgehead atoms. The van der Waals surface area contributed by atoms with E-state index in [1.807, 2.05) is 6.92 Å². The van der Waals surface area contributed by atoms with Crippen LogP contribution in [0.2, 0.25) is 0 Å². The van der Waals surface area contributed by atoms with Gasteiger partial charge in [-0.05, 0) is 56.1 Å². The first kappa shape index (κ1) is 24.3. The average molecular weight is 434 g/mol. The van der Waals surface area contributed by atoms with Crippen molar-refractivity contribution in [3.63, 3.8) is 0 Å². The highest BCUT2D eigenvalue weighted by Crippen LogP contribution is 2.38. The molecule has 2 atom stereocenters. The molecule has 0 aliphatic heterocycles. The summed E-state index contributed by atoms with van der Waals surface area (Å²) in [5.74, 6) is 0.885. The molecular formula is C23H31NO7. The summed E-state index contributed by atoms with van der Waals surface area (Å²) in [7, 11) is 4.47. The van der Waals surface area contributed by atoms with Gasteiger partial charge in [-0.3, -0.25) is 0 Å². The molecule has 0 heterocycles. The van der Waals surface area contributed by atoms with Crippen LogP contribution >= 0.6 is 0 Å². The highest BCUT2D eigenvalue weighted by molar-refractivity contribution is 5.91. The molecule has 2 rings (SSSR count). The van der Waals surface area contributed by atoms with Crippen LogP contribution in [-0.2, 0) is 4.74 Å². The van der Waals surface area contributed by atoms with Crippen molar-refractivity contribution in [3.05, 3.63) is 47.5 Å². The number of benzene rings is 2. The molecule has 2 aromatic rings. The van der Waals surface area contributed by atoms with E-state index in [2.05, 4.69) is 5.32 Å². The molecule has 0 aromatic heterocycles. The quantitative estimate of drug-likeness (QED) is 0.346. The summed E-state index contributed by atoms with van der Waals surface area (Å²) >= 11 is 0. The summed E-state index contributed by atoms with van der Waals surface area (Å²) in [6.45, 7) is 2.83. The van der Waals surface area contributed by atoms with Crippen molar-refractivity contribution in [3.8, 4) is 23.0 Å². The lowest BCUT2D eigenvalue weighted by Gasteiger charge is -2.20. The summed E-state index contributed by atoms with van der Waals surface area (Å²) in [6.07, 6.45) is 0.763. The van der Waals surface area contributed by atoms with Crippen LogP contribution in [-0.4, -0.2) is 56.7 Å². The maximum Gasteiger partial charge on any atom is 0.338 e. The fourth-order valence-corrected chi connectivity index (χ4v) is 3.08. The Morgan fingerprint density at radius 1 is 1.00 bits per heavy atom. The Labute approximate surface area is 182 Å². The van der Waals surface area contributed by atoms with Gasteiger partial charge in [0, 0.05) is 6.04 Å². The number of carbonyl (C=O) groups excluding carboxylic acids is 1. The number of phenolic OH excluding ortho intramolecular Hbond substituents is 1. The lowest BCUT2D eigenvalue weighted by Crippen LogP contribution is -2.33. The predicted molar refractivity (Wildman–Crippen MR) is 116 cm³/mol. The van der Waals surface area contributed by atoms with Gasteiger partial charge < -0.3 is 34.5 Å². The van der Waals surface area contributed by atoms with Gasteiger partial charge in [0.2, 0.25) is 5.75 Å². The second-order valence-electron chi connectivity index (χ2n) is 7.04. The van der Waals surface area contributed by atoms with E-state index < -0.39 is 12.1 Å². The van der Waals surface area contributed by atoms with E-state index in [0.717, 1.165) is 12.0 Å². The minimum absolute atomic E-state index is 0.161. The second kappa shape index (κ2) is 12.0. The van der Waals surface area contributed by atoms with E-state index in [1.165, 1.54) is 21.3 Å². The van der Waals surface area contributed by atoms with Gasteiger partial charge in [0.25, 0.3) is 0 Å². The largest absolute Gasteiger partial charge is 0.508 e. The van der Waals surface area contributed by atoms with Gasteiger partial charge in [-0.1, -0.05) is 12.1 Å². The Hall–Kier alpha value is -2.97. The Bertz CT molecular complexity index is 813. The number of hydrogen-bond acceptors (Lipinski definition) is 8. The highest BCUT2D eigenvalue weighted by atomic mass is 16.5. The SMILES string of the molecule is COc1cc(C(=O)OCCCCNC(C)C(O)c2ccc(O)cc2)cc(OC)c1OC. The van der Waals surface area contributed by atoms with Crippen LogP contribution in [0, 0.1) is 0 Å². The van der Waals surface area contributed by atoms with E-state index in [0.29, 0.717) is 35.8 Å². The molecule has 8 heteroatoms. The summed E-state index contributed by atoms with van der Waals surface area (Å²) < 4.78 is 21.1. The molecule has 3 N–H and O–H groups in total. The van der Waals surface area contributed by atoms with E-state index >= 15 is 0 Å². The molecule has 0 saturated heterocycles. The van der Waals surface area contributed by atoms with Crippen molar-refractivity contribution < 1.29 is 34.0 Å². The molecule has 0 aliphatic rings.